The molecule has 0 aliphatic rings. The van der Waals surface area contributed by atoms with E-state index in [1.807, 2.05) is 14.1 Å². The Morgan fingerprint density at radius 3 is 2.47 bits per heavy atom. The summed E-state index contributed by atoms with van der Waals surface area (Å²) < 4.78 is 0.811. The van der Waals surface area contributed by atoms with Crippen LogP contribution >= 0.6 is 15.9 Å². The molecule has 0 spiro atoms. The summed E-state index contributed by atoms with van der Waals surface area (Å²) in [6, 6.07) is 5.53. The van der Waals surface area contributed by atoms with Crippen molar-refractivity contribution in [2.75, 3.05) is 26.4 Å². The fourth-order valence-electron chi connectivity index (χ4n) is 2.06. The lowest BCUT2D eigenvalue weighted by Gasteiger charge is -2.28. The molecule has 1 aromatic carbocycles. The predicted octanol–water partition coefficient (Wildman–Crippen LogP) is 2.35. The molecule has 0 saturated carbocycles. The van der Waals surface area contributed by atoms with Crippen LogP contribution in [-0.2, 0) is 0 Å². The summed E-state index contributed by atoms with van der Waals surface area (Å²) in [6.45, 7) is 4.91. The topological polar surface area (TPSA) is 58.4 Å². The average molecular weight is 328 g/mol. The highest BCUT2D eigenvalue weighted by Crippen LogP contribution is 2.17. The summed E-state index contributed by atoms with van der Waals surface area (Å²) in [4.78, 5) is 14.2. The summed E-state index contributed by atoms with van der Waals surface area (Å²) in [5.74, 6) is 0.378. The number of halogens is 1. The number of hydrogen-bond donors (Lipinski definition) is 2. The first-order valence-electron chi connectivity index (χ1n) is 6.32. The molecule has 0 radical (unpaired) electrons. The number of likely N-dealkylation sites (N-methyl/N-ethyl adjacent to an activating group) is 1. The van der Waals surface area contributed by atoms with Gasteiger partial charge in [-0.2, -0.15) is 0 Å². The molecule has 1 atom stereocenters. The molecule has 0 bridgehead atoms. The quantitative estimate of drug-likeness (QED) is 0.816. The van der Waals surface area contributed by atoms with Crippen molar-refractivity contribution >= 4 is 27.5 Å². The van der Waals surface area contributed by atoms with Crippen molar-refractivity contribution in [3.8, 4) is 0 Å². The Labute approximate surface area is 123 Å². The zero-order valence-electron chi connectivity index (χ0n) is 11.9. The number of nitrogen functional groups attached to an aromatic ring is 1. The van der Waals surface area contributed by atoms with Gasteiger partial charge in [-0.3, -0.25) is 4.79 Å². The van der Waals surface area contributed by atoms with Gasteiger partial charge in [0.1, 0.15) is 0 Å². The smallest absolute Gasteiger partial charge is 0.251 e. The van der Waals surface area contributed by atoms with Crippen LogP contribution in [-0.4, -0.2) is 37.5 Å². The van der Waals surface area contributed by atoms with Gasteiger partial charge in [0.2, 0.25) is 0 Å². The van der Waals surface area contributed by atoms with E-state index in [0.29, 0.717) is 29.8 Å². The largest absolute Gasteiger partial charge is 0.399 e. The van der Waals surface area contributed by atoms with E-state index >= 15 is 0 Å². The summed E-state index contributed by atoms with van der Waals surface area (Å²) >= 11 is 3.34. The van der Waals surface area contributed by atoms with Gasteiger partial charge in [-0.05, 0) is 38.2 Å². The standard InChI is InChI=1S/C14H22BrN3O/c1-9(2)13(18(3)4)8-17-14(19)10-5-11(15)7-12(16)6-10/h5-7,9,13H,8,16H2,1-4H3,(H,17,19). The second-order valence-electron chi connectivity index (χ2n) is 5.26. The normalized spacial score (nSPS) is 12.8. The number of hydrogen-bond acceptors (Lipinski definition) is 3. The van der Waals surface area contributed by atoms with Crippen LogP contribution in [0.4, 0.5) is 5.69 Å². The van der Waals surface area contributed by atoms with Gasteiger partial charge in [0.05, 0.1) is 0 Å². The van der Waals surface area contributed by atoms with Crippen LogP contribution in [0.15, 0.2) is 22.7 Å². The van der Waals surface area contributed by atoms with Gasteiger partial charge in [0.25, 0.3) is 5.91 Å². The second kappa shape index (κ2) is 6.91. The number of benzene rings is 1. The van der Waals surface area contributed by atoms with Crippen LogP contribution in [0.3, 0.4) is 0 Å². The molecule has 19 heavy (non-hydrogen) atoms. The van der Waals surface area contributed by atoms with Crippen molar-refractivity contribution in [1.29, 1.82) is 0 Å². The van der Waals surface area contributed by atoms with Crippen molar-refractivity contribution < 1.29 is 4.79 Å². The third kappa shape index (κ3) is 4.84. The van der Waals surface area contributed by atoms with Crippen molar-refractivity contribution in [2.24, 2.45) is 5.92 Å². The molecular weight excluding hydrogens is 306 g/mol. The molecule has 1 rings (SSSR count). The summed E-state index contributed by atoms with van der Waals surface area (Å²) in [7, 11) is 4.04. The van der Waals surface area contributed by atoms with E-state index in [4.69, 9.17) is 5.73 Å². The lowest BCUT2D eigenvalue weighted by atomic mass is 10.0. The van der Waals surface area contributed by atoms with Crippen molar-refractivity contribution in [3.05, 3.63) is 28.2 Å². The number of anilines is 1. The van der Waals surface area contributed by atoms with E-state index < -0.39 is 0 Å². The summed E-state index contributed by atoms with van der Waals surface area (Å²) in [6.07, 6.45) is 0. The maximum Gasteiger partial charge on any atom is 0.251 e. The van der Waals surface area contributed by atoms with E-state index in [1.165, 1.54) is 0 Å². The fourth-order valence-corrected chi connectivity index (χ4v) is 2.57. The van der Waals surface area contributed by atoms with Gasteiger partial charge in [0, 0.05) is 28.3 Å². The Hall–Kier alpha value is -1.07. The Balaban J connectivity index is 2.69. The van der Waals surface area contributed by atoms with E-state index in [0.717, 1.165) is 4.47 Å². The molecule has 0 aliphatic carbocycles. The molecular formula is C14H22BrN3O. The maximum atomic E-state index is 12.1. The maximum absolute atomic E-state index is 12.1. The Morgan fingerprint density at radius 1 is 1.37 bits per heavy atom. The molecule has 0 saturated heterocycles. The Kier molecular flexibility index (Phi) is 5.82. The lowest BCUT2D eigenvalue weighted by Crippen LogP contribution is -2.43. The SMILES string of the molecule is CC(C)C(CNC(=O)c1cc(N)cc(Br)c1)N(C)C. The minimum Gasteiger partial charge on any atom is -0.399 e. The zero-order valence-corrected chi connectivity index (χ0v) is 13.5. The van der Waals surface area contributed by atoms with Crippen LogP contribution in [0.5, 0.6) is 0 Å². The molecule has 1 amide bonds. The van der Waals surface area contributed by atoms with Crippen molar-refractivity contribution in [1.82, 2.24) is 10.2 Å². The summed E-state index contributed by atoms with van der Waals surface area (Å²) in [5.41, 5.74) is 6.88. The Morgan fingerprint density at radius 2 is 2.00 bits per heavy atom. The van der Waals surface area contributed by atoms with Gasteiger partial charge < -0.3 is 16.0 Å². The highest BCUT2D eigenvalue weighted by Gasteiger charge is 2.17. The van der Waals surface area contributed by atoms with Crippen molar-refractivity contribution in [3.63, 3.8) is 0 Å². The van der Waals surface area contributed by atoms with Gasteiger partial charge in [-0.15, -0.1) is 0 Å². The number of nitrogens with one attached hydrogen (secondary N) is 1. The van der Waals surface area contributed by atoms with Gasteiger partial charge in [-0.25, -0.2) is 0 Å². The minimum absolute atomic E-state index is 0.0968. The first-order valence-corrected chi connectivity index (χ1v) is 7.11. The zero-order chi connectivity index (χ0) is 14.6. The molecule has 1 unspecified atom stereocenters. The molecule has 0 heterocycles. The molecule has 0 aromatic heterocycles. The predicted molar refractivity (Wildman–Crippen MR) is 83.2 cm³/mol. The number of rotatable bonds is 5. The molecule has 0 fully saturated rings. The van der Waals surface area contributed by atoms with Crippen LogP contribution in [0.2, 0.25) is 0 Å². The van der Waals surface area contributed by atoms with E-state index in [9.17, 15) is 4.79 Å². The first kappa shape index (κ1) is 16.0. The van der Waals surface area contributed by atoms with E-state index in [1.54, 1.807) is 18.2 Å². The molecule has 5 heteroatoms. The number of nitrogens with two attached hydrogens (primary N) is 1. The number of amides is 1. The monoisotopic (exact) mass is 327 g/mol. The molecule has 1 aromatic rings. The molecule has 3 N–H and O–H groups in total. The third-order valence-electron chi connectivity index (χ3n) is 3.09. The first-order chi connectivity index (χ1) is 8.81. The van der Waals surface area contributed by atoms with E-state index in [2.05, 4.69) is 40.0 Å². The number of carbonyl (C=O) groups is 1. The Bertz CT molecular complexity index is 418. The van der Waals surface area contributed by atoms with Crippen LogP contribution < -0.4 is 11.1 Å². The van der Waals surface area contributed by atoms with Crippen LogP contribution in [0.25, 0.3) is 0 Å². The molecule has 106 valence electrons. The van der Waals surface area contributed by atoms with Crippen LogP contribution in [0, 0.1) is 5.92 Å². The number of carbonyl (C=O) groups excluding carboxylic acids is 1. The highest BCUT2D eigenvalue weighted by molar-refractivity contribution is 9.10. The molecule has 0 aliphatic heterocycles. The minimum atomic E-state index is -0.0968. The highest BCUT2D eigenvalue weighted by atomic mass is 79.9. The third-order valence-corrected chi connectivity index (χ3v) is 3.54. The molecule has 4 nitrogen and oxygen atoms in total. The van der Waals surface area contributed by atoms with Gasteiger partial charge >= 0.3 is 0 Å². The number of nitrogens with zero attached hydrogens (tertiary/aromatic N) is 1. The van der Waals surface area contributed by atoms with E-state index in [-0.39, 0.29) is 5.91 Å². The fraction of sp³-hybridized carbons (Fsp3) is 0.500. The van der Waals surface area contributed by atoms with Crippen LogP contribution in [0.1, 0.15) is 24.2 Å². The summed E-state index contributed by atoms with van der Waals surface area (Å²) in [5, 5.41) is 2.96. The van der Waals surface area contributed by atoms with Gasteiger partial charge in [0.15, 0.2) is 0 Å². The lowest BCUT2D eigenvalue weighted by molar-refractivity contribution is 0.0934. The van der Waals surface area contributed by atoms with Crippen molar-refractivity contribution in [2.45, 2.75) is 19.9 Å². The van der Waals surface area contributed by atoms with Gasteiger partial charge in [-0.1, -0.05) is 29.8 Å². The average Bonchev–Trinajstić information content (AvgIpc) is 2.26. The second-order valence-corrected chi connectivity index (χ2v) is 6.17.